The molecule has 22 heavy (non-hydrogen) atoms. The molecule has 2 unspecified atom stereocenters. The second-order valence-electron chi connectivity index (χ2n) is 5.94. The highest BCUT2D eigenvalue weighted by molar-refractivity contribution is 5.94. The highest BCUT2D eigenvalue weighted by Crippen LogP contribution is 2.46. The van der Waals surface area contributed by atoms with Crippen molar-refractivity contribution in [2.45, 2.75) is 18.4 Å². The molecule has 2 atom stereocenters. The molecule has 3 heterocycles. The van der Waals surface area contributed by atoms with Crippen LogP contribution in [-0.4, -0.2) is 39.4 Å². The third kappa shape index (κ3) is 2.04. The van der Waals surface area contributed by atoms with Crippen LogP contribution in [0.4, 0.5) is 10.2 Å². The molecule has 6 nitrogen and oxygen atoms in total. The van der Waals surface area contributed by atoms with E-state index >= 15 is 0 Å². The molecule has 1 saturated heterocycles. The maximum Gasteiger partial charge on any atom is 0.257 e. The summed E-state index contributed by atoms with van der Waals surface area (Å²) in [6, 6.07) is 1.67. The number of amides is 1. The van der Waals surface area contributed by atoms with Gasteiger partial charge in [0, 0.05) is 19.0 Å². The maximum atomic E-state index is 12.8. The number of hydrogen-bond donors (Lipinski definition) is 1. The Balaban J connectivity index is 1.51. The standard InChI is InChI=1S/C15H15FN4O2/c16-12-5-18-13(6-17-12)19-15-3-1-11(15)7-20(9-15)14(21)10-2-4-22-8-10/h2,4-6,8,11H,1,3,7,9H2,(H,18,19). The molecule has 7 heteroatoms. The molecule has 2 aromatic rings. The summed E-state index contributed by atoms with van der Waals surface area (Å²) in [7, 11) is 0. The average Bonchev–Trinajstić information content (AvgIpc) is 3.11. The molecule has 0 spiro atoms. The number of furan rings is 1. The number of halogens is 1. The Hall–Kier alpha value is -2.44. The number of nitrogens with zero attached hydrogens (tertiary/aromatic N) is 3. The topological polar surface area (TPSA) is 71.3 Å². The third-order valence-electron chi connectivity index (χ3n) is 4.69. The van der Waals surface area contributed by atoms with E-state index in [1.165, 1.54) is 18.7 Å². The lowest BCUT2D eigenvalue weighted by atomic mass is 9.69. The second-order valence-corrected chi connectivity index (χ2v) is 5.94. The van der Waals surface area contributed by atoms with Crippen LogP contribution in [-0.2, 0) is 0 Å². The van der Waals surface area contributed by atoms with Gasteiger partial charge in [-0.3, -0.25) is 4.79 Å². The minimum Gasteiger partial charge on any atom is -0.472 e. The Labute approximate surface area is 126 Å². The first kappa shape index (κ1) is 13.2. The van der Waals surface area contributed by atoms with Gasteiger partial charge in [0.15, 0.2) is 0 Å². The molecule has 2 aromatic heterocycles. The van der Waals surface area contributed by atoms with Gasteiger partial charge in [0.25, 0.3) is 5.91 Å². The predicted molar refractivity (Wildman–Crippen MR) is 75.7 cm³/mol. The van der Waals surface area contributed by atoms with Crippen LogP contribution in [0.15, 0.2) is 35.4 Å². The number of carbonyl (C=O) groups is 1. The first-order chi connectivity index (χ1) is 10.7. The number of aromatic nitrogens is 2. The first-order valence-electron chi connectivity index (χ1n) is 7.23. The van der Waals surface area contributed by atoms with Gasteiger partial charge >= 0.3 is 0 Å². The van der Waals surface area contributed by atoms with E-state index in [1.54, 1.807) is 6.07 Å². The molecule has 4 rings (SSSR count). The van der Waals surface area contributed by atoms with E-state index in [9.17, 15) is 9.18 Å². The quantitative estimate of drug-likeness (QED) is 0.938. The van der Waals surface area contributed by atoms with Gasteiger partial charge in [0.2, 0.25) is 5.95 Å². The SMILES string of the molecule is O=C(c1ccoc1)N1CC2CCC2(Nc2cnc(F)cn2)C1. The summed E-state index contributed by atoms with van der Waals surface area (Å²) >= 11 is 0. The summed E-state index contributed by atoms with van der Waals surface area (Å²) in [5.74, 6) is 0.310. The van der Waals surface area contributed by atoms with Crippen LogP contribution in [0.2, 0.25) is 0 Å². The molecule has 114 valence electrons. The molecule has 0 radical (unpaired) electrons. The van der Waals surface area contributed by atoms with Gasteiger partial charge in [0.05, 0.1) is 29.8 Å². The molecular formula is C15H15FN4O2. The normalized spacial score (nSPS) is 26.4. The average molecular weight is 302 g/mol. The van der Waals surface area contributed by atoms with Crippen molar-refractivity contribution >= 4 is 11.7 Å². The molecule has 2 aliphatic rings. The Bertz CT molecular complexity index is 688. The van der Waals surface area contributed by atoms with E-state index in [1.807, 2.05) is 4.90 Å². The molecule has 1 aliphatic carbocycles. The van der Waals surface area contributed by atoms with Gasteiger partial charge in [-0.25, -0.2) is 9.97 Å². The highest BCUT2D eigenvalue weighted by atomic mass is 19.1. The second kappa shape index (κ2) is 4.79. The van der Waals surface area contributed by atoms with Crippen molar-refractivity contribution in [1.82, 2.24) is 14.9 Å². The van der Waals surface area contributed by atoms with E-state index in [0.717, 1.165) is 19.0 Å². The number of nitrogens with one attached hydrogen (secondary N) is 1. The van der Waals surface area contributed by atoms with Gasteiger partial charge in [-0.2, -0.15) is 4.39 Å². The zero-order valence-corrected chi connectivity index (χ0v) is 11.8. The van der Waals surface area contributed by atoms with Crippen LogP contribution in [0.5, 0.6) is 0 Å². The molecule has 1 aliphatic heterocycles. The molecule has 1 saturated carbocycles. The van der Waals surface area contributed by atoms with E-state index < -0.39 is 5.95 Å². The van der Waals surface area contributed by atoms with Crippen LogP contribution in [0, 0.1) is 11.9 Å². The summed E-state index contributed by atoms with van der Waals surface area (Å²) in [6.45, 7) is 1.33. The maximum absolute atomic E-state index is 12.8. The summed E-state index contributed by atoms with van der Waals surface area (Å²) in [6.07, 6.45) is 7.48. The summed E-state index contributed by atoms with van der Waals surface area (Å²) in [5.41, 5.74) is 0.393. The van der Waals surface area contributed by atoms with E-state index in [2.05, 4.69) is 15.3 Å². The molecule has 0 bridgehead atoms. The predicted octanol–water partition coefficient (Wildman–Crippen LogP) is 1.93. The van der Waals surface area contributed by atoms with Crippen molar-refractivity contribution in [2.75, 3.05) is 18.4 Å². The van der Waals surface area contributed by atoms with Gasteiger partial charge in [-0.05, 0) is 18.9 Å². The lowest BCUT2D eigenvalue weighted by molar-refractivity contribution is 0.0785. The highest BCUT2D eigenvalue weighted by Gasteiger charge is 2.54. The summed E-state index contributed by atoms with van der Waals surface area (Å²) < 4.78 is 17.8. The number of hydrogen-bond acceptors (Lipinski definition) is 5. The van der Waals surface area contributed by atoms with Gasteiger partial charge in [-0.1, -0.05) is 0 Å². The molecular weight excluding hydrogens is 287 g/mol. The number of carbonyl (C=O) groups excluding carboxylic acids is 1. The van der Waals surface area contributed by atoms with Crippen molar-refractivity contribution < 1.29 is 13.6 Å². The Morgan fingerprint density at radius 3 is 3.00 bits per heavy atom. The van der Waals surface area contributed by atoms with Crippen molar-refractivity contribution in [3.05, 3.63) is 42.5 Å². The molecule has 1 N–H and O–H groups in total. The van der Waals surface area contributed by atoms with Gasteiger partial charge < -0.3 is 14.6 Å². The summed E-state index contributed by atoms with van der Waals surface area (Å²) in [4.78, 5) is 21.9. The lowest BCUT2D eigenvalue weighted by Crippen LogP contribution is -2.53. The first-order valence-corrected chi connectivity index (χ1v) is 7.23. The molecule has 0 aromatic carbocycles. The number of likely N-dealkylation sites (tertiary alicyclic amines) is 1. The fourth-order valence-electron chi connectivity index (χ4n) is 3.40. The largest absolute Gasteiger partial charge is 0.472 e. The van der Waals surface area contributed by atoms with Crippen molar-refractivity contribution in [3.63, 3.8) is 0 Å². The van der Waals surface area contributed by atoms with Crippen molar-refractivity contribution in [1.29, 1.82) is 0 Å². The fraction of sp³-hybridized carbons (Fsp3) is 0.400. The monoisotopic (exact) mass is 302 g/mol. The Morgan fingerprint density at radius 1 is 1.45 bits per heavy atom. The van der Waals surface area contributed by atoms with Gasteiger partial charge in [0.1, 0.15) is 12.1 Å². The van der Waals surface area contributed by atoms with Crippen LogP contribution in [0.25, 0.3) is 0 Å². The minimum absolute atomic E-state index is 0.0190. The van der Waals surface area contributed by atoms with Crippen LogP contribution in [0.3, 0.4) is 0 Å². The third-order valence-corrected chi connectivity index (χ3v) is 4.69. The number of rotatable bonds is 3. The summed E-state index contributed by atoms with van der Waals surface area (Å²) in [5, 5.41) is 3.35. The van der Waals surface area contributed by atoms with Gasteiger partial charge in [-0.15, -0.1) is 0 Å². The van der Waals surface area contributed by atoms with Crippen LogP contribution in [0.1, 0.15) is 23.2 Å². The fourth-order valence-corrected chi connectivity index (χ4v) is 3.40. The van der Waals surface area contributed by atoms with Crippen LogP contribution < -0.4 is 5.32 Å². The number of anilines is 1. The molecule has 1 amide bonds. The lowest BCUT2D eigenvalue weighted by Gasteiger charge is -2.44. The van der Waals surface area contributed by atoms with E-state index in [4.69, 9.17) is 4.42 Å². The van der Waals surface area contributed by atoms with Crippen molar-refractivity contribution in [3.8, 4) is 0 Å². The van der Waals surface area contributed by atoms with E-state index in [-0.39, 0.29) is 11.4 Å². The van der Waals surface area contributed by atoms with Crippen molar-refractivity contribution in [2.24, 2.45) is 5.92 Å². The minimum atomic E-state index is -0.601. The zero-order valence-electron chi connectivity index (χ0n) is 11.8. The Kier molecular flexibility index (Phi) is 2.88. The number of fused-ring (bicyclic) bond motifs is 1. The Morgan fingerprint density at radius 2 is 2.36 bits per heavy atom. The smallest absolute Gasteiger partial charge is 0.257 e. The van der Waals surface area contributed by atoms with Crippen LogP contribution >= 0.6 is 0 Å². The van der Waals surface area contributed by atoms with E-state index in [0.29, 0.717) is 30.4 Å². The molecule has 2 fully saturated rings. The zero-order chi connectivity index (χ0) is 15.2.